The maximum atomic E-state index is 13.0. The molecule has 2 aromatic carbocycles. The lowest BCUT2D eigenvalue weighted by Crippen LogP contribution is -2.31. The number of fused-ring (bicyclic) bond motifs is 1. The van der Waals surface area contributed by atoms with E-state index in [-0.39, 0.29) is 23.3 Å². The molecule has 0 aliphatic carbocycles. The molecule has 7 heteroatoms. The lowest BCUT2D eigenvalue weighted by Gasteiger charge is -2.25. The number of furan rings is 1. The van der Waals surface area contributed by atoms with E-state index in [1.54, 1.807) is 30.3 Å². The lowest BCUT2D eigenvalue weighted by atomic mass is 9.95. The Balaban J connectivity index is 1.85. The van der Waals surface area contributed by atoms with Gasteiger partial charge in [0.15, 0.2) is 0 Å². The molecule has 1 atom stereocenters. The molecule has 1 unspecified atom stereocenters. The molecule has 160 valence electrons. The molecule has 0 aliphatic rings. The van der Waals surface area contributed by atoms with Crippen LogP contribution in [0.2, 0.25) is 0 Å². The van der Waals surface area contributed by atoms with E-state index in [2.05, 4.69) is 26.8 Å². The number of hydrogen-bond acceptors (Lipinski definition) is 4. The predicted octanol–water partition coefficient (Wildman–Crippen LogP) is 4.27. The topological polar surface area (TPSA) is 93.6 Å². The fourth-order valence-corrected chi connectivity index (χ4v) is 4.25. The van der Waals surface area contributed by atoms with Gasteiger partial charge in [0, 0.05) is 18.0 Å². The highest BCUT2D eigenvalue weighted by atomic mass is 32.2. The zero-order valence-electron chi connectivity index (χ0n) is 18.0. The van der Waals surface area contributed by atoms with E-state index in [1.165, 1.54) is 23.3 Å². The van der Waals surface area contributed by atoms with Crippen molar-refractivity contribution in [2.75, 3.05) is 7.05 Å². The van der Waals surface area contributed by atoms with Crippen molar-refractivity contribution in [2.24, 2.45) is 5.14 Å². The third kappa shape index (κ3) is 4.42. The van der Waals surface area contributed by atoms with Gasteiger partial charge in [-0.15, -0.1) is 0 Å². The summed E-state index contributed by atoms with van der Waals surface area (Å²) in [5, 5.41) is 6.18. The van der Waals surface area contributed by atoms with Crippen LogP contribution in [0, 0.1) is 6.92 Å². The highest BCUT2D eigenvalue weighted by Gasteiger charge is 2.21. The first-order valence-electron chi connectivity index (χ1n) is 9.88. The van der Waals surface area contributed by atoms with Crippen LogP contribution in [0.5, 0.6) is 0 Å². The summed E-state index contributed by atoms with van der Waals surface area (Å²) in [4.78, 5) is 14.6. The molecule has 0 radical (unpaired) electrons. The van der Waals surface area contributed by atoms with Gasteiger partial charge in [0.05, 0.1) is 23.6 Å². The van der Waals surface area contributed by atoms with Crippen LogP contribution in [0.15, 0.2) is 52.0 Å². The van der Waals surface area contributed by atoms with Gasteiger partial charge in [-0.05, 0) is 60.7 Å². The molecule has 6 nitrogen and oxygen atoms in total. The normalized spacial score (nSPS) is 13.0. The largest absolute Gasteiger partial charge is 0.464 e. The number of benzene rings is 2. The molecule has 1 heterocycles. The predicted molar refractivity (Wildman–Crippen MR) is 118 cm³/mol. The molecule has 0 spiro atoms. The summed E-state index contributed by atoms with van der Waals surface area (Å²) in [5.41, 5.74) is 4.72. The molecule has 30 heavy (non-hydrogen) atoms. The summed E-state index contributed by atoms with van der Waals surface area (Å²) in [7, 11) is -2.09. The Morgan fingerprint density at radius 2 is 1.87 bits per heavy atom. The number of hydrogen-bond donors (Lipinski definition) is 1. The van der Waals surface area contributed by atoms with Crippen LogP contribution < -0.4 is 5.14 Å². The number of likely N-dealkylation sites (N-methyl/N-ethyl adjacent to an activating group) is 1. The van der Waals surface area contributed by atoms with Gasteiger partial charge >= 0.3 is 0 Å². The second kappa shape index (κ2) is 8.24. The third-order valence-electron chi connectivity index (χ3n) is 5.65. The summed E-state index contributed by atoms with van der Waals surface area (Å²) in [5.74, 6) is 0.291. The molecule has 3 rings (SSSR count). The van der Waals surface area contributed by atoms with Gasteiger partial charge in [-0.2, -0.15) is 0 Å². The van der Waals surface area contributed by atoms with Crippen molar-refractivity contribution in [3.05, 3.63) is 64.9 Å². The second-order valence-electron chi connectivity index (χ2n) is 8.10. The number of primary sulfonamides is 1. The summed E-state index contributed by atoms with van der Waals surface area (Å²) in [6, 6.07) is 10.2. The van der Waals surface area contributed by atoms with Crippen molar-refractivity contribution in [3.63, 3.8) is 0 Å². The molecular formula is C23H28N2O4S. The Kier molecular flexibility index (Phi) is 6.06. The summed E-state index contributed by atoms with van der Waals surface area (Å²) >= 11 is 0. The Morgan fingerprint density at radius 3 is 2.50 bits per heavy atom. The molecule has 0 saturated carbocycles. The minimum absolute atomic E-state index is 0.0325. The molecule has 2 N–H and O–H groups in total. The van der Waals surface area contributed by atoms with Crippen molar-refractivity contribution in [1.29, 1.82) is 0 Å². The first-order valence-corrected chi connectivity index (χ1v) is 11.4. The maximum absolute atomic E-state index is 13.0. The summed E-state index contributed by atoms with van der Waals surface area (Å²) in [6.45, 7) is 8.20. The number of sulfonamides is 1. The lowest BCUT2D eigenvalue weighted by molar-refractivity contribution is -0.131. The summed E-state index contributed by atoms with van der Waals surface area (Å²) in [6.07, 6.45) is 1.84. The van der Waals surface area contributed by atoms with Crippen LogP contribution in [-0.4, -0.2) is 26.3 Å². The van der Waals surface area contributed by atoms with E-state index >= 15 is 0 Å². The minimum atomic E-state index is -3.80. The van der Waals surface area contributed by atoms with Gasteiger partial charge in [-0.25, -0.2) is 13.6 Å². The average Bonchev–Trinajstić information content (AvgIpc) is 3.06. The first kappa shape index (κ1) is 22.1. The standard InChI is InChI=1S/C23H28N2O4S/c1-14(2)20-12-21-18(13-29-22(21)9-15(20)3)11-23(26)25(5)16(4)17-7-6-8-19(10-17)30(24,27)28/h6-10,12-14,16H,11H2,1-5H3,(H2,24,27,28). The number of carbonyl (C=O) groups is 1. The SMILES string of the molecule is Cc1cc2occ(CC(=O)N(C)C(C)c3cccc(S(N)(=O)=O)c3)c2cc1C(C)C. The molecule has 1 amide bonds. The van der Waals surface area contributed by atoms with Crippen LogP contribution in [-0.2, 0) is 21.2 Å². The number of nitrogens with zero attached hydrogens (tertiary/aromatic N) is 1. The fourth-order valence-electron chi connectivity index (χ4n) is 3.68. The van der Waals surface area contributed by atoms with Crippen LogP contribution in [0.3, 0.4) is 0 Å². The monoisotopic (exact) mass is 428 g/mol. The Labute approximate surface area is 177 Å². The smallest absolute Gasteiger partial charge is 0.238 e. The van der Waals surface area contributed by atoms with Gasteiger partial charge < -0.3 is 9.32 Å². The fraction of sp³-hybridized carbons (Fsp3) is 0.348. The van der Waals surface area contributed by atoms with Gasteiger partial charge in [0.1, 0.15) is 5.58 Å². The number of aryl methyl sites for hydroxylation is 1. The van der Waals surface area contributed by atoms with Gasteiger partial charge in [-0.1, -0.05) is 26.0 Å². The molecule has 0 bridgehead atoms. The minimum Gasteiger partial charge on any atom is -0.464 e. The van der Waals surface area contributed by atoms with Gasteiger partial charge in [0.2, 0.25) is 15.9 Å². The number of amides is 1. The maximum Gasteiger partial charge on any atom is 0.238 e. The van der Waals surface area contributed by atoms with Crippen LogP contribution in [0.4, 0.5) is 0 Å². The van der Waals surface area contributed by atoms with E-state index in [9.17, 15) is 13.2 Å². The number of rotatable bonds is 6. The average molecular weight is 429 g/mol. The van der Waals surface area contributed by atoms with Crippen molar-refractivity contribution in [2.45, 2.75) is 51.0 Å². The van der Waals surface area contributed by atoms with Crippen molar-refractivity contribution >= 4 is 26.9 Å². The zero-order valence-corrected chi connectivity index (χ0v) is 18.8. The Morgan fingerprint density at radius 1 is 1.17 bits per heavy atom. The molecule has 0 saturated heterocycles. The molecular weight excluding hydrogens is 400 g/mol. The Hall–Kier alpha value is -2.64. The number of nitrogens with two attached hydrogens (primary N) is 1. The van der Waals surface area contributed by atoms with E-state index in [4.69, 9.17) is 9.56 Å². The highest BCUT2D eigenvalue weighted by Crippen LogP contribution is 2.30. The summed E-state index contributed by atoms with van der Waals surface area (Å²) < 4.78 is 29.0. The number of carbonyl (C=O) groups excluding carboxylic acids is 1. The van der Waals surface area contributed by atoms with Crippen molar-refractivity contribution < 1.29 is 17.6 Å². The zero-order chi connectivity index (χ0) is 22.2. The van der Waals surface area contributed by atoms with E-state index in [1.807, 2.05) is 13.0 Å². The third-order valence-corrected chi connectivity index (χ3v) is 6.56. The molecule has 3 aromatic rings. The van der Waals surface area contributed by atoms with Crippen LogP contribution >= 0.6 is 0 Å². The van der Waals surface area contributed by atoms with E-state index in [0.29, 0.717) is 11.5 Å². The van der Waals surface area contributed by atoms with E-state index in [0.717, 1.165) is 16.5 Å². The first-order chi connectivity index (χ1) is 14.0. The van der Waals surface area contributed by atoms with Crippen LogP contribution in [0.25, 0.3) is 11.0 Å². The highest BCUT2D eigenvalue weighted by molar-refractivity contribution is 7.89. The van der Waals surface area contributed by atoms with Crippen LogP contribution in [0.1, 0.15) is 55.0 Å². The second-order valence-corrected chi connectivity index (χ2v) is 9.66. The van der Waals surface area contributed by atoms with Crippen molar-refractivity contribution in [1.82, 2.24) is 4.90 Å². The van der Waals surface area contributed by atoms with Crippen molar-refractivity contribution in [3.8, 4) is 0 Å². The molecule has 1 aromatic heterocycles. The Bertz CT molecular complexity index is 1200. The van der Waals surface area contributed by atoms with Gasteiger partial charge in [-0.3, -0.25) is 4.79 Å². The molecule has 0 fully saturated rings. The molecule has 0 aliphatic heterocycles. The van der Waals surface area contributed by atoms with Gasteiger partial charge in [0.25, 0.3) is 0 Å². The van der Waals surface area contributed by atoms with E-state index < -0.39 is 10.0 Å². The quantitative estimate of drug-likeness (QED) is 0.634.